The van der Waals surface area contributed by atoms with Crippen LogP contribution in [0.25, 0.3) is 0 Å². The summed E-state index contributed by atoms with van der Waals surface area (Å²) in [6.45, 7) is 3.27. The van der Waals surface area contributed by atoms with Crippen molar-refractivity contribution in [2.75, 3.05) is 11.9 Å². The lowest BCUT2D eigenvalue weighted by Gasteiger charge is -2.12. The lowest BCUT2D eigenvalue weighted by atomic mass is 10.1. The Morgan fingerprint density at radius 2 is 1.75 bits per heavy atom. The Morgan fingerprint density at radius 1 is 1.08 bits per heavy atom. The number of halogens is 2. The van der Waals surface area contributed by atoms with Crippen LogP contribution in [0.3, 0.4) is 0 Å². The Labute approximate surface area is 151 Å². The first-order valence-electron chi connectivity index (χ1n) is 7.01. The van der Waals surface area contributed by atoms with Crippen LogP contribution < -0.4 is 10.0 Å². The van der Waals surface area contributed by atoms with Crippen LogP contribution in [-0.2, 0) is 14.8 Å². The number of sulfonamides is 1. The van der Waals surface area contributed by atoms with Gasteiger partial charge >= 0.3 is 0 Å². The second kappa shape index (κ2) is 7.53. The van der Waals surface area contributed by atoms with Crippen LogP contribution in [0.2, 0.25) is 10.0 Å². The van der Waals surface area contributed by atoms with Gasteiger partial charge in [0.2, 0.25) is 15.9 Å². The SMILES string of the molecule is Cc1cc(C)c(NC(=O)CNS(=O)(=O)c2ccccc2Cl)c(Cl)c1. The topological polar surface area (TPSA) is 75.3 Å². The summed E-state index contributed by atoms with van der Waals surface area (Å²) in [5.41, 5.74) is 2.22. The van der Waals surface area contributed by atoms with Gasteiger partial charge in [0, 0.05) is 0 Å². The summed E-state index contributed by atoms with van der Waals surface area (Å²) in [4.78, 5) is 12.0. The van der Waals surface area contributed by atoms with Crippen LogP contribution in [0.4, 0.5) is 5.69 Å². The lowest BCUT2D eigenvalue weighted by Crippen LogP contribution is -2.33. The average Bonchev–Trinajstić information content (AvgIpc) is 2.49. The summed E-state index contributed by atoms with van der Waals surface area (Å²) in [6.07, 6.45) is 0. The quantitative estimate of drug-likeness (QED) is 0.824. The minimum absolute atomic E-state index is 0.0796. The summed E-state index contributed by atoms with van der Waals surface area (Å²) in [7, 11) is -3.88. The van der Waals surface area contributed by atoms with Crippen LogP contribution in [0.5, 0.6) is 0 Å². The highest BCUT2D eigenvalue weighted by Gasteiger charge is 2.19. The molecule has 2 aromatic rings. The number of carbonyl (C=O) groups is 1. The fourth-order valence-electron chi connectivity index (χ4n) is 2.16. The molecule has 0 aliphatic heterocycles. The Kier molecular flexibility index (Phi) is 5.87. The number of hydrogen-bond donors (Lipinski definition) is 2. The van der Waals surface area contributed by atoms with Gasteiger partial charge in [0.1, 0.15) is 4.90 Å². The molecule has 0 bridgehead atoms. The smallest absolute Gasteiger partial charge is 0.242 e. The zero-order valence-electron chi connectivity index (χ0n) is 13.1. The molecule has 128 valence electrons. The van der Waals surface area contributed by atoms with Gasteiger partial charge in [-0.3, -0.25) is 4.79 Å². The molecule has 2 rings (SSSR count). The summed E-state index contributed by atoms with van der Waals surface area (Å²) in [5, 5.41) is 3.10. The van der Waals surface area contributed by atoms with Crippen LogP contribution in [-0.4, -0.2) is 20.9 Å². The maximum absolute atomic E-state index is 12.2. The van der Waals surface area contributed by atoms with E-state index in [1.54, 1.807) is 18.2 Å². The first-order chi connectivity index (χ1) is 11.2. The first kappa shape index (κ1) is 18.7. The van der Waals surface area contributed by atoms with Crippen molar-refractivity contribution in [3.05, 3.63) is 57.6 Å². The van der Waals surface area contributed by atoms with E-state index in [2.05, 4.69) is 10.0 Å². The van der Waals surface area contributed by atoms with Crippen molar-refractivity contribution >= 4 is 44.8 Å². The molecule has 0 aliphatic rings. The molecule has 0 radical (unpaired) electrons. The van der Waals surface area contributed by atoms with Gasteiger partial charge in [-0.15, -0.1) is 0 Å². The summed E-state index contributed by atoms with van der Waals surface area (Å²) in [6, 6.07) is 9.59. The van der Waals surface area contributed by atoms with E-state index >= 15 is 0 Å². The first-order valence-corrected chi connectivity index (χ1v) is 9.25. The number of hydrogen-bond acceptors (Lipinski definition) is 3. The Bertz CT molecular complexity index is 860. The Morgan fingerprint density at radius 3 is 2.38 bits per heavy atom. The Hall–Kier alpha value is -1.60. The zero-order chi connectivity index (χ0) is 17.9. The maximum atomic E-state index is 12.2. The molecule has 5 nitrogen and oxygen atoms in total. The fourth-order valence-corrected chi connectivity index (χ4v) is 4.03. The third kappa shape index (κ3) is 4.48. The van der Waals surface area contributed by atoms with E-state index in [-0.39, 0.29) is 9.92 Å². The van der Waals surface area contributed by atoms with Crippen molar-refractivity contribution in [2.24, 2.45) is 0 Å². The number of anilines is 1. The van der Waals surface area contributed by atoms with Gasteiger partial charge in [-0.1, -0.05) is 41.4 Å². The number of benzene rings is 2. The second-order valence-corrected chi connectivity index (χ2v) is 7.79. The van der Waals surface area contributed by atoms with Crippen molar-refractivity contribution in [3.8, 4) is 0 Å². The number of amides is 1. The molecule has 8 heteroatoms. The number of aryl methyl sites for hydroxylation is 2. The minimum Gasteiger partial charge on any atom is -0.323 e. The molecule has 1 amide bonds. The molecule has 0 fully saturated rings. The third-order valence-corrected chi connectivity index (χ3v) is 5.44. The predicted molar refractivity (Wildman–Crippen MR) is 96.2 cm³/mol. The van der Waals surface area contributed by atoms with Crippen molar-refractivity contribution in [1.29, 1.82) is 0 Å². The van der Waals surface area contributed by atoms with E-state index in [9.17, 15) is 13.2 Å². The van der Waals surface area contributed by atoms with Crippen molar-refractivity contribution in [1.82, 2.24) is 4.72 Å². The monoisotopic (exact) mass is 386 g/mol. The largest absolute Gasteiger partial charge is 0.323 e. The molecule has 0 aromatic heterocycles. The van der Waals surface area contributed by atoms with Crippen LogP contribution >= 0.6 is 23.2 Å². The van der Waals surface area contributed by atoms with Gasteiger partial charge in [0.25, 0.3) is 0 Å². The summed E-state index contributed by atoms with van der Waals surface area (Å²) >= 11 is 12.0. The molecular formula is C16H16Cl2N2O3S. The molecule has 24 heavy (non-hydrogen) atoms. The normalized spacial score (nSPS) is 11.3. The van der Waals surface area contributed by atoms with Crippen molar-refractivity contribution in [3.63, 3.8) is 0 Å². The van der Waals surface area contributed by atoms with E-state index < -0.39 is 22.5 Å². The molecule has 2 N–H and O–H groups in total. The molecule has 0 saturated carbocycles. The van der Waals surface area contributed by atoms with Gasteiger partial charge in [0.15, 0.2) is 0 Å². The highest BCUT2D eigenvalue weighted by atomic mass is 35.5. The molecule has 0 heterocycles. The van der Waals surface area contributed by atoms with Gasteiger partial charge in [-0.2, -0.15) is 0 Å². The highest BCUT2D eigenvalue weighted by Crippen LogP contribution is 2.27. The fraction of sp³-hybridized carbons (Fsp3) is 0.188. The maximum Gasteiger partial charge on any atom is 0.242 e. The van der Waals surface area contributed by atoms with Crippen LogP contribution in [0, 0.1) is 13.8 Å². The minimum atomic E-state index is -3.88. The molecule has 0 spiro atoms. The van der Waals surface area contributed by atoms with E-state index in [1.807, 2.05) is 19.9 Å². The van der Waals surface area contributed by atoms with Crippen LogP contribution in [0.1, 0.15) is 11.1 Å². The molecular weight excluding hydrogens is 371 g/mol. The van der Waals surface area contributed by atoms with Gasteiger partial charge in [-0.25, -0.2) is 13.1 Å². The second-order valence-electron chi connectivity index (χ2n) is 5.24. The van der Waals surface area contributed by atoms with Gasteiger partial charge in [0.05, 0.1) is 22.3 Å². The number of carbonyl (C=O) groups excluding carboxylic acids is 1. The molecule has 0 saturated heterocycles. The van der Waals surface area contributed by atoms with E-state index in [4.69, 9.17) is 23.2 Å². The zero-order valence-corrected chi connectivity index (χ0v) is 15.4. The number of nitrogens with one attached hydrogen (secondary N) is 2. The van der Waals surface area contributed by atoms with Gasteiger partial charge in [-0.05, 0) is 43.2 Å². The lowest BCUT2D eigenvalue weighted by molar-refractivity contribution is -0.115. The van der Waals surface area contributed by atoms with E-state index in [0.29, 0.717) is 10.7 Å². The highest BCUT2D eigenvalue weighted by molar-refractivity contribution is 7.89. The van der Waals surface area contributed by atoms with Crippen molar-refractivity contribution < 1.29 is 13.2 Å². The third-order valence-electron chi connectivity index (χ3n) is 3.25. The van der Waals surface area contributed by atoms with Crippen molar-refractivity contribution in [2.45, 2.75) is 18.7 Å². The van der Waals surface area contributed by atoms with E-state index in [0.717, 1.165) is 11.1 Å². The molecule has 2 aromatic carbocycles. The van der Waals surface area contributed by atoms with Crippen LogP contribution in [0.15, 0.2) is 41.3 Å². The van der Waals surface area contributed by atoms with E-state index in [1.165, 1.54) is 12.1 Å². The average molecular weight is 387 g/mol. The Balaban J connectivity index is 2.08. The predicted octanol–water partition coefficient (Wildman–Crippen LogP) is 3.53. The van der Waals surface area contributed by atoms with Gasteiger partial charge < -0.3 is 5.32 Å². The molecule has 0 atom stereocenters. The summed E-state index contributed by atoms with van der Waals surface area (Å²) < 4.78 is 26.6. The summed E-state index contributed by atoms with van der Waals surface area (Å²) in [5.74, 6) is -0.528. The molecule has 0 unspecified atom stereocenters. The number of rotatable bonds is 5. The molecule has 0 aliphatic carbocycles. The standard InChI is InChI=1S/C16H16Cl2N2O3S/c1-10-7-11(2)16(13(18)8-10)20-15(21)9-19-24(22,23)14-6-4-3-5-12(14)17/h3-8,19H,9H2,1-2H3,(H,20,21).